The molecule has 0 bridgehead atoms. The molecule has 2 rings (SSSR count). The number of nitrogens with zero attached hydrogens (tertiary/aromatic N) is 2. The monoisotopic (exact) mass is 517 g/mol. The molecule has 0 spiro atoms. The number of nitrogens with one attached hydrogen (secondary N) is 1. The number of benzene rings is 2. The van der Waals surface area contributed by atoms with Crippen LogP contribution in [-0.4, -0.2) is 62.9 Å². The molecule has 0 saturated carbocycles. The second kappa shape index (κ2) is 12.5. The molecule has 2 aromatic rings. The molecule has 0 aromatic heterocycles. The molecular formula is C26H35N3O6S. The number of hydrogen-bond acceptors (Lipinski definition) is 6. The second-order valence-corrected chi connectivity index (χ2v) is 10.7. The van der Waals surface area contributed by atoms with Crippen LogP contribution in [0.25, 0.3) is 0 Å². The Kier molecular flexibility index (Phi) is 10.0. The number of sulfonamides is 1. The number of ketones is 1. The summed E-state index contributed by atoms with van der Waals surface area (Å²) in [4.78, 5) is 39.9. The lowest BCUT2D eigenvalue weighted by Gasteiger charge is -2.33. The normalized spacial score (nSPS) is 12.1. The van der Waals surface area contributed by atoms with Crippen molar-refractivity contribution in [2.24, 2.45) is 0 Å². The molecule has 0 aliphatic carbocycles. The van der Waals surface area contributed by atoms with Gasteiger partial charge in [0.15, 0.2) is 5.78 Å². The molecule has 0 heterocycles. The SMILES string of the molecule is CC[C@@H](C(=O)NC(C)C)N(Cc1ccc(OC)cc1)C(=O)CN(c1cccc(C(C)=O)c1)S(C)(=O)=O. The van der Waals surface area contributed by atoms with E-state index in [2.05, 4.69) is 5.32 Å². The van der Waals surface area contributed by atoms with Crippen molar-refractivity contribution < 1.29 is 27.5 Å². The van der Waals surface area contributed by atoms with Gasteiger partial charge < -0.3 is 15.0 Å². The quantitative estimate of drug-likeness (QED) is 0.433. The first kappa shape index (κ1) is 28.8. The van der Waals surface area contributed by atoms with E-state index in [0.29, 0.717) is 17.7 Å². The molecule has 0 radical (unpaired) electrons. The molecular weight excluding hydrogens is 482 g/mol. The summed E-state index contributed by atoms with van der Waals surface area (Å²) in [6, 6.07) is 12.2. The molecule has 0 aliphatic heterocycles. The molecule has 196 valence electrons. The van der Waals surface area contributed by atoms with Gasteiger partial charge in [0.05, 0.1) is 19.1 Å². The lowest BCUT2D eigenvalue weighted by Crippen LogP contribution is -2.53. The maximum absolute atomic E-state index is 13.7. The Morgan fingerprint density at radius 3 is 2.19 bits per heavy atom. The Balaban J connectivity index is 2.47. The van der Waals surface area contributed by atoms with Gasteiger partial charge in [-0.05, 0) is 57.0 Å². The number of rotatable bonds is 12. The predicted octanol–water partition coefficient (Wildman–Crippen LogP) is 3.00. The van der Waals surface area contributed by atoms with Gasteiger partial charge in [-0.1, -0.05) is 31.2 Å². The van der Waals surface area contributed by atoms with Crippen LogP contribution in [0.4, 0.5) is 5.69 Å². The lowest BCUT2D eigenvalue weighted by molar-refractivity contribution is -0.140. The summed E-state index contributed by atoms with van der Waals surface area (Å²) >= 11 is 0. The zero-order valence-corrected chi connectivity index (χ0v) is 22.5. The van der Waals surface area contributed by atoms with Crippen LogP contribution in [0.15, 0.2) is 48.5 Å². The minimum absolute atomic E-state index is 0.0952. The van der Waals surface area contributed by atoms with Crippen LogP contribution in [0, 0.1) is 0 Å². The molecule has 0 aliphatic rings. The van der Waals surface area contributed by atoms with Gasteiger partial charge in [-0.2, -0.15) is 0 Å². The minimum Gasteiger partial charge on any atom is -0.497 e. The Morgan fingerprint density at radius 1 is 1.06 bits per heavy atom. The van der Waals surface area contributed by atoms with Crippen LogP contribution < -0.4 is 14.4 Å². The molecule has 10 heteroatoms. The fraction of sp³-hybridized carbons (Fsp3) is 0.423. The van der Waals surface area contributed by atoms with Crippen molar-refractivity contribution in [1.82, 2.24) is 10.2 Å². The zero-order valence-electron chi connectivity index (χ0n) is 21.6. The fourth-order valence-electron chi connectivity index (χ4n) is 3.72. The summed E-state index contributed by atoms with van der Waals surface area (Å²) in [6.07, 6.45) is 1.33. The standard InChI is InChI=1S/C26H35N3O6S/c1-7-24(26(32)27-18(2)3)28(16-20-11-13-23(35-5)14-12-20)25(31)17-29(36(6,33)34)22-10-8-9-21(15-22)19(4)30/h8-15,18,24H,7,16-17H2,1-6H3,(H,27,32)/t24-/m0/s1. The maximum atomic E-state index is 13.7. The maximum Gasteiger partial charge on any atom is 0.244 e. The van der Waals surface area contributed by atoms with Gasteiger partial charge >= 0.3 is 0 Å². The van der Waals surface area contributed by atoms with Crippen molar-refractivity contribution in [1.29, 1.82) is 0 Å². The first-order chi connectivity index (χ1) is 16.9. The van der Waals surface area contributed by atoms with Gasteiger partial charge in [-0.25, -0.2) is 8.42 Å². The third-order valence-corrected chi connectivity index (χ3v) is 6.69. The highest BCUT2D eigenvalue weighted by atomic mass is 32.2. The highest BCUT2D eigenvalue weighted by molar-refractivity contribution is 7.92. The summed E-state index contributed by atoms with van der Waals surface area (Å²) in [6.45, 7) is 6.40. The molecule has 0 fully saturated rings. The van der Waals surface area contributed by atoms with Gasteiger partial charge in [-0.15, -0.1) is 0 Å². The van der Waals surface area contributed by atoms with Crippen LogP contribution in [0.5, 0.6) is 5.75 Å². The highest BCUT2D eigenvalue weighted by Gasteiger charge is 2.32. The molecule has 1 N–H and O–H groups in total. The zero-order chi connectivity index (χ0) is 27.0. The van der Waals surface area contributed by atoms with E-state index >= 15 is 0 Å². The molecule has 2 amide bonds. The second-order valence-electron chi connectivity index (χ2n) is 8.83. The van der Waals surface area contributed by atoms with Gasteiger partial charge in [-0.3, -0.25) is 18.7 Å². The molecule has 0 saturated heterocycles. The van der Waals surface area contributed by atoms with Crippen LogP contribution in [-0.2, 0) is 26.2 Å². The van der Waals surface area contributed by atoms with Crippen molar-refractivity contribution >= 4 is 33.3 Å². The van der Waals surface area contributed by atoms with E-state index in [-0.39, 0.29) is 30.0 Å². The summed E-state index contributed by atoms with van der Waals surface area (Å²) in [5, 5.41) is 2.85. The first-order valence-corrected chi connectivity index (χ1v) is 13.5. The number of carbonyl (C=O) groups excluding carboxylic acids is 3. The summed E-state index contributed by atoms with van der Waals surface area (Å²) in [5.41, 5.74) is 1.28. The van der Waals surface area contributed by atoms with Crippen LogP contribution in [0.3, 0.4) is 0 Å². The highest BCUT2D eigenvalue weighted by Crippen LogP contribution is 2.22. The van der Waals surface area contributed by atoms with E-state index in [4.69, 9.17) is 4.74 Å². The van der Waals surface area contributed by atoms with E-state index in [9.17, 15) is 22.8 Å². The average molecular weight is 518 g/mol. The van der Waals surface area contributed by atoms with Crippen molar-refractivity contribution in [3.8, 4) is 5.75 Å². The number of hydrogen-bond donors (Lipinski definition) is 1. The van der Waals surface area contributed by atoms with E-state index in [1.54, 1.807) is 50.4 Å². The van der Waals surface area contributed by atoms with Gasteiger partial charge in [0.25, 0.3) is 0 Å². The number of anilines is 1. The average Bonchev–Trinajstić information content (AvgIpc) is 2.81. The van der Waals surface area contributed by atoms with Crippen LogP contribution in [0.1, 0.15) is 50.0 Å². The predicted molar refractivity (Wildman–Crippen MR) is 140 cm³/mol. The van der Waals surface area contributed by atoms with Crippen molar-refractivity contribution in [3.63, 3.8) is 0 Å². The van der Waals surface area contributed by atoms with E-state index in [1.165, 1.54) is 24.0 Å². The number of carbonyl (C=O) groups is 3. The number of Topliss-reactive ketones (excluding diaryl/α,β-unsaturated/α-hetero) is 1. The lowest BCUT2D eigenvalue weighted by atomic mass is 10.1. The molecule has 9 nitrogen and oxygen atoms in total. The van der Waals surface area contributed by atoms with Crippen molar-refractivity contribution in [3.05, 3.63) is 59.7 Å². The van der Waals surface area contributed by atoms with Gasteiger partial charge in [0.2, 0.25) is 21.8 Å². The number of methoxy groups -OCH3 is 1. The first-order valence-electron chi connectivity index (χ1n) is 11.7. The molecule has 0 unspecified atom stereocenters. The van der Waals surface area contributed by atoms with Crippen LogP contribution >= 0.6 is 0 Å². The Bertz CT molecular complexity index is 1180. The number of amides is 2. The molecule has 2 aromatic carbocycles. The third kappa shape index (κ3) is 7.81. The number of ether oxygens (including phenoxy) is 1. The largest absolute Gasteiger partial charge is 0.497 e. The van der Waals surface area contributed by atoms with Crippen LogP contribution in [0.2, 0.25) is 0 Å². The smallest absolute Gasteiger partial charge is 0.244 e. The summed E-state index contributed by atoms with van der Waals surface area (Å²) < 4.78 is 31.5. The Morgan fingerprint density at radius 2 is 1.69 bits per heavy atom. The van der Waals surface area contributed by atoms with Gasteiger partial charge in [0.1, 0.15) is 18.3 Å². The topological polar surface area (TPSA) is 113 Å². The molecule has 1 atom stereocenters. The van der Waals surface area contributed by atoms with E-state index < -0.39 is 28.5 Å². The van der Waals surface area contributed by atoms with E-state index in [0.717, 1.165) is 16.1 Å². The minimum atomic E-state index is -3.89. The third-order valence-electron chi connectivity index (χ3n) is 5.55. The van der Waals surface area contributed by atoms with Gasteiger partial charge in [0, 0.05) is 18.2 Å². The van der Waals surface area contributed by atoms with Crippen molar-refractivity contribution in [2.45, 2.75) is 52.7 Å². The Labute approximate surface area is 213 Å². The summed E-state index contributed by atoms with van der Waals surface area (Å²) in [5.74, 6) is -0.446. The Hall–Kier alpha value is -3.40. The van der Waals surface area contributed by atoms with Crippen molar-refractivity contribution in [2.75, 3.05) is 24.2 Å². The molecule has 36 heavy (non-hydrogen) atoms. The summed E-state index contributed by atoms with van der Waals surface area (Å²) in [7, 11) is -2.33. The fourth-order valence-corrected chi connectivity index (χ4v) is 4.56. The van der Waals surface area contributed by atoms with E-state index in [1.807, 2.05) is 13.8 Å².